The molecule has 3 rings (SSSR count). The standard InChI is InChI=1S/C20H27N3O4/c1-14-11-19(24)27-18-12-15(6-7-17(14)18)21-20(25)23(9-8-22(2)3)13-16-5-4-10-26-16/h6-7,11-12,16H,4-5,8-10,13H2,1-3H3,(H,21,25)/t16-/m0/s1. The Labute approximate surface area is 158 Å². The van der Waals surface area contributed by atoms with Crippen molar-refractivity contribution in [2.75, 3.05) is 45.7 Å². The van der Waals surface area contributed by atoms with Gasteiger partial charge in [-0.05, 0) is 51.6 Å². The number of ether oxygens (including phenoxy) is 1. The summed E-state index contributed by atoms with van der Waals surface area (Å²) in [6, 6.07) is 6.65. The molecule has 0 spiro atoms. The van der Waals surface area contributed by atoms with E-state index >= 15 is 0 Å². The van der Waals surface area contributed by atoms with Gasteiger partial charge in [0.2, 0.25) is 0 Å². The lowest BCUT2D eigenvalue weighted by Crippen LogP contribution is -2.43. The number of hydrogen-bond donors (Lipinski definition) is 1. The zero-order chi connectivity index (χ0) is 19.4. The monoisotopic (exact) mass is 373 g/mol. The molecule has 1 aliphatic heterocycles. The molecule has 146 valence electrons. The minimum atomic E-state index is -0.394. The number of aryl methyl sites for hydroxylation is 1. The van der Waals surface area contributed by atoms with Crippen LogP contribution in [0, 0.1) is 6.92 Å². The third kappa shape index (κ3) is 5.08. The van der Waals surface area contributed by atoms with E-state index in [0.29, 0.717) is 24.4 Å². The highest BCUT2D eigenvalue weighted by molar-refractivity contribution is 5.92. The number of amides is 2. The topological polar surface area (TPSA) is 75.0 Å². The molecule has 1 N–H and O–H groups in total. The van der Waals surface area contributed by atoms with Gasteiger partial charge in [-0.25, -0.2) is 9.59 Å². The lowest BCUT2D eigenvalue weighted by atomic mass is 10.1. The van der Waals surface area contributed by atoms with Gasteiger partial charge in [-0.15, -0.1) is 0 Å². The van der Waals surface area contributed by atoms with Crippen molar-refractivity contribution in [3.05, 3.63) is 40.2 Å². The fraction of sp³-hybridized carbons (Fsp3) is 0.500. The molecule has 1 atom stereocenters. The number of nitrogens with zero attached hydrogens (tertiary/aromatic N) is 2. The van der Waals surface area contributed by atoms with Gasteiger partial charge in [-0.2, -0.15) is 0 Å². The normalized spacial score (nSPS) is 16.8. The number of anilines is 1. The molecule has 2 aromatic rings. The fourth-order valence-electron chi connectivity index (χ4n) is 3.24. The largest absolute Gasteiger partial charge is 0.423 e. The Morgan fingerprint density at radius 1 is 1.26 bits per heavy atom. The van der Waals surface area contributed by atoms with Gasteiger partial charge in [0.1, 0.15) is 5.58 Å². The number of rotatable bonds is 6. The van der Waals surface area contributed by atoms with Crippen molar-refractivity contribution in [3.63, 3.8) is 0 Å². The van der Waals surface area contributed by atoms with E-state index < -0.39 is 5.63 Å². The summed E-state index contributed by atoms with van der Waals surface area (Å²) in [4.78, 5) is 28.3. The van der Waals surface area contributed by atoms with E-state index in [0.717, 1.165) is 36.9 Å². The van der Waals surface area contributed by atoms with Crippen LogP contribution in [0.25, 0.3) is 11.0 Å². The SMILES string of the molecule is Cc1cc(=O)oc2cc(NC(=O)N(CCN(C)C)C[C@@H]3CCCO3)ccc12. The molecule has 7 nitrogen and oxygen atoms in total. The Morgan fingerprint density at radius 3 is 2.78 bits per heavy atom. The fourth-order valence-corrected chi connectivity index (χ4v) is 3.24. The van der Waals surface area contributed by atoms with E-state index in [1.165, 1.54) is 6.07 Å². The third-order valence-electron chi connectivity index (χ3n) is 4.75. The van der Waals surface area contributed by atoms with Crippen LogP contribution in [0.15, 0.2) is 33.5 Å². The van der Waals surface area contributed by atoms with Crippen LogP contribution in [0.4, 0.5) is 10.5 Å². The van der Waals surface area contributed by atoms with E-state index in [4.69, 9.17) is 9.15 Å². The molecule has 0 unspecified atom stereocenters. The first-order chi connectivity index (χ1) is 12.9. The molecule has 1 aliphatic rings. The van der Waals surface area contributed by atoms with Crippen molar-refractivity contribution >= 4 is 22.7 Å². The summed E-state index contributed by atoms with van der Waals surface area (Å²) in [6.07, 6.45) is 2.11. The van der Waals surface area contributed by atoms with Crippen molar-refractivity contribution in [1.29, 1.82) is 0 Å². The molecule has 2 heterocycles. The third-order valence-corrected chi connectivity index (χ3v) is 4.75. The van der Waals surface area contributed by atoms with Crippen molar-refractivity contribution in [2.24, 2.45) is 0 Å². The number of hydrogen-bond acceptors (Lipinski definition) is 5. The molecular formula is C20H27N3O4. The van der Waals surface area contributed by atoms with Gasteiger partial charge in [0, 0.05) is 49.4 Å². The van der Waals surface area contributed by atoms with Gasteiger partial charge in [-0.3, -0.25) is 0 Å². The first-order valence-corrected chi connectivity index (χ1v) is 9.29. The highest BCUT2D eigenvalue weighted by Gasteiger charge is 2.22. The van der Waals surface area contributed by atoms with Gasteiger partial charge in [-0.1, -0.05) is 0 Å². The quantitative estimate of drug-likeness (QED) is 0.788. The van der Waals surface area contributed by atoms with Crippen molar-refractivity contribution in [1.82, 2.24) is 9.80 Å². The van der Waals surface area contributed by atoms with Crippen LogP contribution in [0.5, 0.6) is 0 Å². The number of benzene rings is 1. The Balaban J connectivity index is 1.75. The molecule has 1 saturated heterocycles. The maximum absolute atomic E-state index is 12.8. The molecule has 1 aromatic carbocycles. The Hall–Kier alpha value is -2.38. The summed E-state index contributed by atoms with van der Waals surface area (Å²) in [7, 11) is 3.96. The minimum Gasteiger partial charge on any atom is -0.423 e. The molecule has 7 heteroatoms. The van der Waals surface area contributed by atoms with Crippen LogP contribution < -0.4 is 10.9 Å². The predicted molar refractivity (Wildman–Crippen MR) is 105 cm³/mol. The van der Waals surface area contributed by atoms with E-state index in [9.17, 15) is 9.59 Å². The molecule has 0 aliphatic carbocycles. The minimum absolute atomic E-state index is 0.0928. The lowest BCUT2D eigenvalue weighted by Gasteiger charge is -2.27. The van der Waals surface area contributed by atoms with E-state index in [1.54, 1.807) is 11.0 Å². The molecule has 1 fully saturated rings. The zero-order valence-electron chi connectivity index (χ0n) is 16.2. The second-order valence-corrected chi connectivity index (χ2v) is 7.27. The molecule has 27 heavy (non-hydrogen) atoms. The number of likely N-dealkylation sites (N-methyl/N-ethyl adjacent to an activating group) is 1. The second-order valence-electron chi connectivity index (χ2n) is 7.27. The molecule has 1 aromatic heterocycles. The summed E-state index contributed by atoms with van der Waals surface area (Å²) in [5.41, 5.74) is 1.53. The highest BCUT2D eigenvalue weighted by atomic mass is 16.5. The second kappa shape index (κ2) is 8.54. The highest BCUT2D eigenvalue weighted by Crippen LogP contribution is 2.21. The van der Waals surface area contributed by atoms with Gasteiger partial charge >= 0.3 is 11.7 Å². The number of carbonyl (C=O) groups is 1. The number of carbonyl (C=O) groups excluding carboxylic acids is 1. The van der Waals surface area contributed by atoms with Crippen LogP contribution >= 0.6 is 0 Å². The number of urea groups is 1. The smallest absolute Gasteiger partial charge is 0.336 e. The van der Waals surface area contributed by atoms with Gasteiger partial charge in [0.05, 0.1) is 6.10 Å². The van der Waals surface area contributed by atoms with Crippen LogP contribution in [-0.4, -0.2) is 62.3 Å². The summed E-state index contributed by atoms with van der Waals surface area (Å²) >= 11 is 0. The molecule has 0 bridgehead atoms. The van der Waals surface area contributed by atoms with E-state index in [1.807, 2.05) is 38.1 Å². The van der Waals surface area contributed by atoms with Crippen LogP contribution in [0.1, 0.15) is 18.4 Å². The Morgan fingerprint density at radius 2 is 2.07 bits per heavy atom. The zero-order valence-corrected chi connectivity index (χ0v) is 16.2. The molecular weight excluding hydrogens is 346 g/mol. The maximum Gasteiger partial charge on any atom is 0.336 e. The summed E-state index contributed by atoms with van der Waals surface area (Å²) in [6.45, 7) is 4.58. The van der Waals surface area contributed by atoms with Crippen LogP contribution in [0.3, 0.4) is 0 Å². The first kappa shape index (κ1) is 19.4. The van der Waals surface area contributed by atoms with Crippen molar-refractivity contribution in [2.45, 2.75) is 25.9 Å². The molecule has 0 radical (unpaired) electrons. The van der Waals surface area contributed by atoms with Crippen molar-refractivity contribution in [3.8, 4) is 0 Å². The van der Waals surface area contributed by atoms with Crippen LogP contribution in [-0.2, 0) is 4.74 Å². The first-order valence-electron chi connectivity index (χ1n) is 9.29. The Bertz CT molecular complexity index is 856. The van der Waals surface area contributed by atoms with E-state index in [2.05, 4.69) is 5.32 Å². The molecule has 2 amide bonds. The van der Waals surface area contributed by atoms with Gasteiger partial charge < -0.3 is 24.3 Å². The summed E-state index contributed by atoms with van der Waals surface area (Å²) < 4.78 is 11.0. The average Bonchev–Trinajstić information content (AvgIpc) is 3.11. The number of nitrogens with one attached hydrogen (secondary N) is 1. The van der Waals surface area contributed by atoms with Crippen LogP contribution in [0.2, 0.25) is 0 Å². The van der Waals surface area contributed by atoms with Crippen molar-refractivity contribution < 1.29 is 13.9 Å². The molecule has 0 saturated carbocycles. The summed E-state index contributed by atoms with van der Waals surface area (Å²) in [5.74, 6) is 0. The average molecular weight is 373 g/mol. The predicted octanol–water partition coefficient (Wildman–Crippen LogP) is 2.68. The van der Waals surface area contributed by atoms with Gasteiger partial charge in [0.15, 0.2) is 0 Å². The summed E-state index contributed by atoms with van der Waals surface area (Å²) in [5, 5.41) is 3.78. The maximum atomic E-state index is 12.8. The van der Waals surface area contributed by atoms with E-state index in [-0.39, 0.29) is 12.1 Å². The Kier molecular flexibility index (Phi) is 6.13. The van der Waals surface area contributed by atoms with Gasteiger partial charge in [0.25, 0.3) is 0 Å². The lowest BCUT2D eigenvalue weighted by molar-refractivity contribution is 0.0820. The number of fused-ring (bicyclic) bond motifs is 1.